The summed E-state index contributed by atoms with van der Waals surface area (Å²) in [5.74, 6) is 1.46. The summed E-state index contributed by atoms with van der Waals surface area (Å²) in [6.45, 7) is 5.86. The summed E-state index contributed by atoms with van der Waals surface area (Å²) in [5, 5.41) is 19.6. The second-order valence-corrected chi connectivity index (χ2v) is 6.36. The molecule has 0 aromatic heterocycles. The van der Waals surface area contributed by atoms with Gasteiger partial charge in [-0.3, -0.25) is 4.90 Å². The first-order chi connectivity index (χ1) is 10.4. The van der Waals surface area contributed by atoms with E-state index in [0.29, 0.717) is 18.8 Å². The summed E-state index contributed by atoms with van der Waals surface area (Å²) in [6, 6.07) is 6.02. The molecule has 0 bridgehead atoms. The Bertz CT molecular complexity index is 578. The average Bonchev–Trinajstić information content (AvgIpc) is 2.52. The number of rotatable bonds is 5. The molecule has 1 aliphatic heterocycles. The van der Waals surface area contributed by atoms with Crippen LogP contribution in [0.15, 0.2) is 12.1 Å². The summed E-state index contributed by atoms with van der Waals surface area (Å²) < 4.78 is 10.8. The van der Waals surface area contributed by atoms with Crippen molar-refractivity contribution in [3.8, 4) is 17.6 Å². The number of methoxy groups -OCH3 is 2. The van der Waals surface area contributed by atoms with Crippen molar-refractivity contribution < 1.29 is 14.6 Å². The Morgan fingerprint density at radius 3 is 2.55 bits per heavy atom. The van der Waals surface area contributed by atoms with Crippen LogP contribution in [-0.4, -0.2) is 37.3 Å². The maximum atomic E-state index is 10.5. The lowest BCUT2D eigenvalue weighted by molar-refractivity contribution is 0.0834. The number of β-amino-alcohol motifs (C(OH)–C–C–N with tert-alkyl or cyclic N) is 1. The summed E-state index contributed by atoms with van der Waals surface area (Å²) in [6.07, 6.45) is 0.150. The van der Waals surface area contributed by atoms with Crippen molar-refractivity contribution in [1.82, 2.24) is 4.90 Å². The molecular formula is C17H24N2O3. The van der Waals surface area contributed by atoms with E-state index in [-0.39, 0.29) is 5.41 Å². The molecule has 0 saturated heterocycles. The van der Waals surface area contributed by atoms with Crippen LogP contribution in [0.2, 0.25) is 0 Å². The van der Waals surface area contributed by atoms with Gasteiger partial charge in [0.25, 0.3) is 0 Å². The van der Waals surface area contributed by atoms with Gasteiger partial charge >= 0.3 is 0 Å². The van der Waals surface area contributed by atoms with E-state index in [1.165, 1.54) is 0 Å². The van der Waals surface area contributed by atoms with Gasteiger partial charge in [-0.25, -0.2) is 0 Å². The zero-order valence-corrected chi connectivity index (χ0v) is 13.7. The molecule has 0 spiro atoms. The molecule has 1 aromatic carbocycles. The van der Waals surface area contributed by atoms with Crippen molar-refractivity contribution in [1.29, 1.82) is 5.26 Å². The molecule has 1 heterocycles. The number of aliphatic hydroxyl groups is 1. The fourth-order valence-electron chi connectivity index (χ4n) is 2.81. The molecule has 0 aliphatic carbocycles. The predicted molar refractivity (Wildman–Crippen MR) is 83.8 cm³/mol. The molecule has 0 amide bonds. The first kappa shape index (κ1) is 16.6. The molecule has 1 aliphatic rings. The van der Waals surface area contributed by atoms with Gasteiger partial charge in [-0.15, -0.1) is 0 Å². The van der Waals surface area contributed by atoms with Crippen LogP contribution in [0, 0.1) is 16.7 Å². The smallest absolute Gasteiger partial charge is 0.125 e. The van der Waals surface area contributed by atoms with Gasteiger partial charge in [-0.05, 0) is 32.4 Å². The van der Waals surface area contributed by atoms with E-state index in [1.807, 2.05) is 26.0 Å². The van der Waals surface area contributed by atoms with Gasteiger partial charge in [0.05, 0.1) is 31.8 Å². The molecule has 22 heavy (non-hydrogen) atoms. The highest BCUT2D eigenvalue weighted by atomic mass is 16.5. The number of aliphatic hydroxyl groups excluding tert-OH is 1. The van der Waals surface area contributed by atoms with Crippen LogP contribution in [0.5, 0.6) is 11.5 Å². The van der Waals surface area contributed by atoms with E-state index < -0.39 is 6.10 Å². The Morgan fingerprint density at radius 2 is 1.95 bits per heavy atom. The largest absolute Gasteiger partial charge is 0.496 e. The lowest BCUT2D eigenvalue weighted by atomic mass is 9.90. The van der Waals surface area contributed by atoms with Gasteiger partial charge in [-0.2, -0.15) is 5.26 Å². The van der Waals surface area contributed by atoms with E-state index >= 15 is 0 Å². The lowest BCUT2D eigenvalue weighted by Gasteiger charge is -2.34. The van der Waals surface area contributed by atoms with Gasteiger partial charge in [-0.1, -0.05) is 0 Å². The van der Waals surface area contributed by atoms with E-state index in [2.05, 4.69) is 11.0 Å². The Hall–Kier alpha value is -1.77. The molecule has 1 N–H and O–H groups in total. The maximum Gasteiger partial charge on any atom is 0.125 e. The summed E-state index contributed by atoms with van der Waals surface area (Å²) in [4.78, 5) is 2.16. The van der Waals surface area contributed by atoms with Crippen molar-refractivity contribution in [2.45, 2.75) is 32.9 Å². The van der Waals surface area contributed by atoms with Gasteiger partial charge in [0.1, 0.15) is 11.5 Å². The molecular weight excluding hydrogens is 280 g/mol. The van der Waals surface area contributed by atoms with Crippen LogP contribution in [-0.2, 0) is 6.54 Å². The van der Waals surface area contributed by atoms with Crippen molar-refractivity contribution in [3.05, 3.63) is 23.3 Å². The molecule has 1 unspecified atom stereocenters. The Labute approximate surface area is 132 Å². The number of nitriles is 1. The minimum atomic E-state index is -0.612. The fourth-order valence-corrected chi connectivity index (χ4v) is 2.81. The Balaban J connectivity index is 2.24. The lowest BCUT2D eigenvalue weighted by Crippen LogP contribution is -2.36. The zero-order valence-electron chi connectivity index (χ0n) is 13.7. The third-order valence-corrected chi connectivity index (χ3v) is 4.22. The monoisotopic (exact) mass is 304 g/mol. The van der Waals surface area contributed by atoms with E-state index in [1.54, 1.807) is 14.2 Å². The van der Waals surface area contributed by atoms with Crippen LogP contribution in [0.3, 0.4) is 0 Å². The van der Waals surface area contributed by atoms with E-state index in [0.717, 1.165) is 29.8 Å². The average molecular weight is 304 g/mol. The third kappa shape index (κ3) is 3.34. The highest BCUT2D eigenvalue weighted by molar-refractivity contribution is 5.51. The summed E-state index contributed by atoms with van der Waals surface area (Å²) in [5.41, 5.74) is 1.43. The van der Waals surface area contributed by atoms with Gasteiger partial charge < -0.3 is 14.6 Å². The first-order valence-corrected chi connectivity index (χ1v) is 7.47. The van der Waals surface area contributed by atoms with Crippen LogP contribution in [0.1, 0.15) is 37.5 Å². The number of benzene rings is 1. The molecule has 5 nitrogen and oxygen atoms in total. The van der Waals surface area contributed by atoms with Gasteiger partial charge in [0.15, 0.2) is 0 Å². The maximum absolute atomic E-state index is 10.5. The Kier molecular flexibility index (Phi) is 4.94. The first-order valence-electron chi connectivity index (χ1n) is 7.47. The van der Waals surface area contributed by atoms with Gasteiger partial charge in [0, 0.05) is 30.8 Å². The SMILES string of the molecule is COc1ccc(OC)c2c1CN(CCC(C)(C)C#N)CC2O. The highest BCUT2D eigenvalue weighted by Gasteiger charge is 2.30. The molecule has 120 valence electrons. The molecule has 2 rings (SSSR count). The molecule has 1 atom stereocenters. The predicted octanol–water partition coefficient (Wildman–Crippen LogP) is 2.49. The molecule has 0 fully saturated rings. The van der Waals surface area contributed by atoms with E-state index in [9.17, 15) is 5.11 Å². The van der Waals surface area contributed by atoms with Crippen molar-refractivity contribution >= 4 is 0 Å². The standard InChI is InChI=1S/C17H24N2O3/c1-17(2,11-18)7-8-19-9-12-14(21-3)5-6-15(22-4)16(12)13(20)10-19/h5-6,13,20H,7-10H2,1-4H3. The fraction of sp³-hybridized carbons (Fsp3) is 0.588. The van der Waals surface area contributed by atoms with Crippen LogP contribution < -0.4 is 9.47 Å². The number of fused-ring (bicyclic) bond motifs is 1. The number of hydrogen-bond acceptors (Lipinski definition) is 5. The zero-order chi connectivity index (χ0) is 16.3. The number of nitrogens with zero attached hydrogens (tertiary/aromatic N) is 2. The second-order valence-electron chi connectivity index (χ2n) is 6.36. The quantitative estimate of drug-likeness (QED) is 0.905. The van der Waals surface area contributed by atoms with Crippen molar-refractivity contribution in [2.75, 3.05) is 27.3 Å². The third-order valence-electron chi connectivity index (χ3n) is 4.22. The molecule has 0 radical (unpaired) electrons. The van der Waals surface area contributed by atoms with Crippen LogP contribution in [0.4, 0.5) is 0 Å². The van der Waals surface area contributed by atoms with Crippen LogP contribution in [0.25, 0.3) is 0 Å². The number of hydrogen-bond donors (Lipinski definition) is 1. The highest BCUT2D eigenvalue weighted by Crippen LogP contribution is 2.39. The van der Waals surface area contributed by atoms with Gasteiger partial charge in [0.2, 0.25) is 0 Å². The molecule has 1 aromatic rings. The molecule has 5 heteroatoms. The van der Waals surface area contributed by atoms with E-state index in [4.69, 9.17) is 14.7 Å². The minimum absolute atomic E-state index is 0.357. The topological polar surface area (TPSA) is 65.7 Å². The summed E-state index contributed by atoms with van der Waals surface area (Å²) >= 11 is 0. The minimum Gasteiger partial charge on any atom is -0.496 e. The van der Waals surface area contributed by atoms with Crippen LogP contribution >= 0.6 is 0 Å². The summed E-state index contributed by atoms with van der Waals surface area (Å²) in [7, 11) is 3.24. The molecule has 0 saturated carbocycles. The number of ether oxygens (including phenoxy) is 2. The Morgan fingerprint density at radius 1 is 1.32 bits per heavy atom. The normalized spacial score (nSPS) is 18.5. The van der Waals surface area contributed by atoms with Crippen molar-refractivity contribution in [2.24, 2.45) is 5.41 Å². The second kappa shape index (κ2) is 6.55. The van der Waals surface area contributed by atoms with Crippen molar-refractivity contribution in [3.63, 3.8) is 0 Å².